The van der Waals surface area contributed by atoms with E-state index in [1.165, 1.54) is 16.5 Å². The lowest BCUT2D eigenvalue weighted by molar-refractivity contribution is 0.911. The Morgan fingerprint density at radius 3 is 2.67 bits per heavy atom. The lowest BCUT2D eigenvalue weighted by Crippen LogP contribution is -1.98. The summed E-state index contributed by atoms with van der Waals surface area (Å²) < 4.78 is 1.12. The van der Waals surface area contributed by atoms with Gasteiger partial charge in [-0.2, -0.15) is 0 Å². The molecule has 1 nitrogen and oxygen atoms in total. The van der Waals surface area contributed by atoms with Crippen LogP contribution in [-0.2, 0) is 6.42 Å². The van der Waals surface area contributed by atoms with E-state index in [2.05, 4.69) is 81.2 Å². The first-order valence-electron chi connectivity index (χ1n) is 6.87. The molecule has 0 saturated heterocycles. The van der Waals surface area contributed by atoms with E-state index in [1.807, 2.05) is 12.1 Å². The highest BCUT2D eigenvalue weighted by atomic mass is 79.9. The summed E-state index contributed by atoms with van der Waals surface area (Å²) in [6.07, 6.45) is 0.876. The van der Waals surface area contributed by atoms with Gasteiger partial charge >= 0.3 is 0 Å². The van der Waals surface area contributed by atoms with E-state index in [4.69, 9.17) is 4.98 Å². The Hall–Kier alpha value is -1.19. The smallest absolute Gasteiger partial charge is 0.0705 e. The summed E-state index contributed by atoms with van der Waals surface area (Å²) in [5.74, 6) is 0. The molecular weight excluding hydrogens is 390 g/mol. The Labute approximate surface area is 141 Å². The molecule has 3 aromatic rings. The van der Waals surface area contributed by atoms with Crippen molar-refractivity contribution < 1.29 is 0 Å². The SMILES string of the molecule is Cc1cc(Br)cc(C(Br)Cc2ccc3ccccc3n2)c1. The van der Waals surface area contributed by atoms with Crippen molar-refractivity contribution >= 4 is 42.8 Å². The van der Waals surface area contributed by atoms with Gasteiger partial charge in [-0.25, -0.2) is 0 Å². The fourth-order valence-corrected chi connectivity index (χ4v) is 3.69. The molecule has 0 aliphatic carbocycles. The summed E-state index contributed by atoms with van der Waals surface area (Å²) in [5, 5.41) is 1.19. The number of nitrogens with zero attached hydrogens (tertiary/aromatic N) is 1. The molecule has 0 aliphatic rings. The van der Waals surface area contributed by atoms with Crippen LogP contribution in [0.1, 0.15) is 21.6 Å². The number of aromatic nitrogens is 1. The average molecular weight is 405 g/mol. The van der Waals surface area contributed by atoms with E-state index in [-0.39, 0.29) is 4.83 Å². The maximum atomic E-state index is 4.74. The number of para-hydroxylation sites is 1. The van der Waals surface area contributed by atoms with Crippen LogP contribution in [0.15, 0.2) is 59.1 Å². The van der Waals surface area contributed by atoms with Crippen LogP contribution in [0.3, 0.4) is 0 Å². The summed E-state index contributed by atoms with van der Waals surface area (Å²) in [6, 6.07) is 19.0. The van der Waals surface area contributed by atoms with Crippen LogP contribution < -0.4 is 0 Å². The van der Waals surface area contributed by atoms with Gasteiger partial charge in [0.1, 0.15) is 0 Å². The molecule has 3 heteroatoms. The molecular formula is C18H15Br2N. The molecule has 3 rings (SSSR count). The third-order valence-corrected chi connectivity index (χ3v) is 4.78. The number of alkyl halides is 1. The zero-order valence-electron chi connectivity index (χ0n) is 11.7. The van der Waals surface area contributed by atoms with Crippen molar-refractivity contribution in [3.8, 4) is 0 Å². The molecule has 1 aromatic heterocycles. The van der Waals surface area contributed by atoms with E-state index < -0.39 is 0 Å². The molecule has 0 aliphatic heterocycles. The summed E-state index contributed by atoms with van der Waals surface area (Å²) in [5.41, 5.74) is 4.69. The number of fused-ring (bicyclic) bond motifs is 1. The normalized spacial score (nSPS) is 12.5. The van der Waals surface area contributed by atoms with Gasteiger partial charge in [0.2, 0.25) is 0 Å². The number of rotatable bonds is 3. The van der Waals surface area contributed by atoms with Crippen molar-refractivity contribution in [1.29, 1.82) is 0 Å². The van der Waals surface area contributed by atoms with Crippen molar-refractivity contribution in [2.45, 2.75) is 18.2 Å². The molecule has 1 unspecified atom stereocenters. The number of halogens is 2. The first-order valence-corrected chi connectivity index (χ1v) is 8.58. The van der Waals surface area contributed by atoms with Crippen LogP contribution in [-0.4, -0.2) is 4.98 Å². The van der Waals surface area contributed by atoms with E-state index in [0.717, 1.165) is 22.1 Å². The number of benzene rings is 2. The van der Waals surface area contributed by atoms with E-state index in [9.17, 15) is 0 Å². The number of hydrogen-bond donors (Lipinski definition) is 0. The fourth-order valence-electron chi connectivity index (χ4n) is 2.47. The van der Waals surface area contributed by atoms with Crippen molar-refractivity contribution in [2.24, 2.45) is 0 Å². The molecule has 1 atom stereocenters. The summed E-state index contributed by atoms with van der Waals surface area (Å²) >= 11 is 7.36. The van der Waals surface area contributed by atoms with Gasteiger partial charge in [0.25, 0.3) is 0 Å². The maximum absolute atomic E-state index is 4.74. The second-order valence-corrected chi connectivity index (χ2v) is 7.25. The van der Waals surface area contributed by atoms with Gasteiger partial charge in [-0.15, -0.1) is 0 Å². The van der Waals surface area contributed by atoms with Crippen LogP contribution >= 0.6 is 31.9 Å². The minimum absolute atomic E-state index is 0.266. The van der Waals surface area contributed by atoms with Crippen molar-refractivity contribution in [2.75, 3.05) is 0 Å². The molecule has 0 spiro atoms. The molecule has 2 aromatic carbocycles. The van der Waals surface area contributed by atoms with E-state index >= 15 is 0 Å². The summed E-state index contributed by atoms with van der Waals surface area (Å²) in [7, 11) is 0. The molecule has 0 radical (unpaired) electrons. The Morgan fingerprint density at radius 1 is 1.05 bits per heavy atom. The predicted molar refractivity (Wildman–Crippen MR) is 96.0 cm³/mol. The van der Waals surface area contributed by atoms with Crippen LogP contribution in [0.5, 0.6) is 0 Å². The number of pyridine rings is 1. The first kappa shape index (κ1) is 14.7. The highest BCUT2D eigenvalue weighted by molar-refractivity contribution is 9.10. The van der Waals surface area contributed by atoms with Crippen molar-refractivity contribution in [1.82, 2.24) is 4.98 Å². The van der Waals surface area contributed by atoms with E-state index in [1.54, 1.807) is 0 Å². The zero-order chi connectivity index (χ0) is 14.8. The lowest BCUT2D eigenvalue weighted by atomic mass is 10.0. The molecule has 106 valence electrons. The van der Waals surface area contributed by atoms with Crippen molar-refractivity contribution in [3.05, 3.63) is 75.9 Å². The molecule has 1 heterocycles. The average Bonchev–Trinajstić information content (AvgIpc) is 2.46. The van der Waals surface area contributed by atoms with Gasteiger partial charge in [0.05, 0.1) is 5.52 Å². The number of aryl methyl sites for hydroxylation is 1. The maximum Gasteiger partial charge on any atom is 0.0705 e. The molecule has 0 bridgehead atoms. The van der Waals surface area contributed by atoms with Crippen molar-refractivity contribution in [3.63, 3.8) is 0 Å². The Kier molecular flexibility index (Phi) is 4.41. The lowest BCUT2D eigenvalue weighted by Gasteiger charge is -2.12. The third-order valence-electron chi connectivity index (χ3n) is 3.47. The van der Waals surface area contributed by atoms with Gasteiger partial charge in [0, 0.05) is 26.8 Å². The van der Waals surface area contributed by atoms with Crippen LogP contribution in [0.25, 0.3) is 10.9 Å². The standard InChI is InChI=1S/C18H15Br2N/c1-12-8-14(10-15(19)9-12)17(20)11-16-7-6-13-4-2-3-5-18(13)21-16/h2-10,17H,11H2,1H3. The van der Waals surface area contributed by atoms with Crippen LogP contribution in [0, 0.1) is 6.92 Å². The number of hydrogen-bond acceptors (Lipinski definition) is 1. The Balaban J connectivity index is 1.86. The molecule has 21 heavy (non-hydrogen) atoms. The second-order valence-electron chi connectivity index (χ2n) is 5.23. The van der Waals surface area contributed by atoms with Gasteiger partial charge < -0.3 is 0 Å². The van der Waals surface area contributed by atoms with Crippen LogP contribution in [0.2, 0.25) is 0 Å². The van der Waals surface area contributed by atoms with E-state index in [0.29, 0.717) is 0 Å². The second kappa shape index (κ2) is 6.29. The highest BCUT2D eigenvalue weighted by Crippen LogP contribution is 2.30. The quantitative estimate of drug-likeness (QED) is 0.489. The minimum Gasteiger partial charge on any atom is -0.253 e. The predicted octanol–water partition coefficient (Wildman–Crippen LogP) is 5.98. The largest absolute Gasteiger partial charge is 0.253 e. The molecule has 0 saturated carbocycles. The third kappa shape index (κ3) is 3.53. The fraction of sp³-hybridized carbons (Fsp3) is 0.167. The first-order chi connectivity index (χ1) is 10.1. The minimum atomic E-state index is 0.266. The monoisotopic (exact) mass is 403 g/mol. The Bertz CT molecular complexity index is 763. The van der Waals surface area contributed by atoms with Crippen LogP contribution in [0.4, 0.5) is 0 Å². The van der Waals surface area contributed by atoms with Gasteiger partial charge in [-0.05, 0) is 42.3 Å². The highest BCUT2D eigenvalue weighted by Gasteiger charge is 2.11. The van der Waals surface area contributed by atoms with Gasteiger partial charge in [0.15, 0.2) is 0 Å². The molecule has 0 N–H and O–H groups in total. The molecule has 0 amide bonds. The van der Waals surface area contributed by atoms with Gasteiger partial charge in [-0.3, -0.25) is 4.98 Å². The zero-order valence-corrected chi connectivity index (χ0v) is 14.9. The summed E-state index contributed by atoms with van der Waals surface area (Å²) in [4.78, 5) is 5.01. The molecule has 0 fully saturated rings. The Morgan fingerprint density at radius 2 is 1.86 bits per heavy atom. The summed E-state index contributed by atoms with van der Waals surface area (Å²) in [6.45, 7) is 2.11. The topological polar surface area (TPSA) is 12.9 Å². The van der Waals surface area contributed by atoms with Gasteiger partial charge in [-0.1, -0.05) is 62.2 Å².